The van der Waals surface area contributed by atoms with Crippen molar-refractivity contribution < 1.29 is 14.6 Å². The van der Waals surface area contributed by atoms with E-state index in [-0.39, 0.29) is 11.7 Å². The molecule has 0 spiro atoms. The van der Waals surface area contributed by atoms with E-state index < -0.39 is 0 Å². The zero-order valence-corrected chi connectivity index (χ0v) is 16.0. The van der Waals surface area contributed by atoms with Gasteiger partial charge in [0.25, 0.3) is 0 Å². The number of carbonyl (C=O) groups is 1. The first-order chi connectivity index (χ1) is 12.2. The summed E-state index contributed by atoms with van der Waals surface area (Å²) in [5, 5.41) is 9.21. The highest BCUT2D eigenvalue weighted by Gasteiger charge is 2.07. The number of benzene rings is 1. The molecule has 142 valence electrons. The van der Waals surface area contributed by atoms with Crippen molar-refractivity contribution in [3.05, 3.63) is 29.8 Å². The van der Waals surface area contributed by atoms with Gasteiger partial charge >= 0.3 is 5.97 Å². The molecule has 1 rings (SSSR count). The SMILES string of the molecule is CCCCN(CCCC)CCCCCCOC(=O)c1ccc(O)cc1. The van der Waals surface area contributed by atoms with Gasteiger partial charge in [-0.1, -0.05) is 39.5 Å². The number of hydrogen-bond donors (Lipinski definition) is 1. The summed E-state index contributed by atoms with van der Waals surface area (Å²) in [5.41, 5.74) is 0.486. The molecule has 4 heteroatoms. The minimum atomic E-state index is -0.315. The van der Waals surface area contributed by atoms with Crippen LogP contribution in [0.25, 0.3) is 0 Å². The number of carbonyl (C=O) groups excluding carboxylic acids is 1. The molecule has 0 radical (unpaired) electrons. The molecule has 0 aliphatic carbocycles. The van der Waals surface area contributed by atoms with Gasteiger partial charge in [0, 0.05) is 0 Å². The van der Waals surface area contributed by atoms with Crippen molar-refractivity contribution in [1.82, 2.24) is 4.90 Å². The van der Waals surface area contributed by atoms with Crippen LogP contribution >= 0.6 is 0 Å². The Kier molecular flexibility index (Phi) is 11.8. The fraction of sp³-hybridized carbons (Fsp3) is 0.667. The summed E-state index contributed by atoms with van der Waals surface area (Å²) < 4.78 is 5.27. The average Bonchev–Trinajstić information content (AvgIpc) is 2.62. The summed E-state index contributed by atoms with van der Waals surface area (Å²) in [6, 6.07) is 6.16. The lowest BCUT2D eigenvalue weighted by Crippen LogP contribution is -2.27. The van der Waals surface area contributed by atoms with Gasteiger partial charge in [-0.05, 0) is 69.6 Å². The molecule has 0 aliphatic heterocycles. The number of hydrogen-bond acceptors (Lipinski definition) is 4. The van der Waals surface area contributed by atoms with Gasteiger partial charge in [0.2, 0.25) is 0 Å². The molecule has 0 heterocycles. The highest BCUT2D eigenvalue weighted by atomic mass is 16.5. The van der Waals surface area contributed by atoms with Crippen LogP contribution in [0.4, 0.5) is 0 Å². The Morgan fingerprint density at radius 2 is 1.44 bits per heavy atom. The maximum Gasteiger partial charge on any atom is 0.338 e. The molecule has 0 aromatic heterocycles. The Morgan fingerprint density at radius 3 is 2.04 bits per heavy atom. The first-order valence-corrected chi connectivity index (χ1v) is 9.85. The van der Waals surface area contributed by atoms with Gasteiger partial charge in [-0.15, -0.1) is 0 Å². The minimum absolute atomic E-state index is 0.156. The lowest BCUT2D eigenvalue weighted by Gasteiger charge is -2.21. The lowest BCUT2D eigenvalue weighted by atomic mass is 10.1. The zero-order chi connectivity index (χ0) is 18.3. The summed E-state index contributed by atoms with van der Waals surface area (Å²) in [4.78, 5) is 14.4. The van der Waals surface area contributed by atoms with Crippen LogP contribution in [0, 0.1) is 0 Å². The van der Waals surface area contributed by atoms with Crippen molar-refractivity contribution in [2.75, 3.05) is 26.2 Å². The molecule has 25 heavy (non-hydrogen) atoms. The monoisotopic (exact) mass is 349 g/mol. The number of unbranched alkanes of at least 4 members (excludes halogenated alkanes) is 5. The third kappa shape index (κ3) is 10.1. The molecule has 0 fully saturated rings. The Morgan fingerprint density at radius 1 is 0.880 bits per heavy atom. The largest absolute Gasteiger partial charge is 0.508 e. The van der Waals surface area contributed by atoms with Crippen molar-refractivity contribution >= 4 is 5.97 Å². The van der Waals surface area contributed by atoms with E-state index in [1.165, 1.54) is 70.3 Å². The van der Waals surface area contributed by atoms with Crippen LogP contribution in [0.1, 0.15) is 75.6 Å². The molecule has 0 saturated heterocycles. The van der Waals surface area contributed by atoms with Crippen LogP contribution in [0.2, 0.25) is 0 Å². The molecule has 0 atom stereocenters. The molecule has 0 bridgehead atoms. The van der Waals surface area contributed by atoms with Gasteiger partial charge in [0.05, 0.1) is 12.2 Å². The van der Waals surface area contributed by atoms with Gasteiger partial charge in [0.15, 0.2) is 0 Å². The third-order valence-corrected chi connectivity index (χ3v) is 4.36. The van der Waals surface area contributed by atoms with Crippen LogP contribution in [-0.4, -0.2) is 42.2 Å². The topological polar surface area (TPSA) is 49.8 Å². The smallest absolute Gasteiger partial charge is 0.338 e. The maximum atomic E-state index is 11.8. The molecule has 0 aliphatic rings. The van der Waals surface area contributed by atoms with Crippen LogP contribution < -0.4 is 0 Å². The molecule has 0 saturated carbocycles. The number of phenols is 1. The number of ether oxygens (including phenoxy) is 1. The van der Waals surface area contributed by atoms with Crippen LogP contribution in [0.15, 0.2) is 24.3 Å². The Bertz CT molecular complexity index is 451. The van der Waals surface area contributed by atoms with Crippen molar-refractivity contribution in [3.63, 3.8) is 0 Å². The molecule has 4 nitrogen and oxygen atoms in total. The summed E-state index contributed by atoms with van der Waals surface area (Å²) in [6.07, 6.45) is 9.51. The maximum absolute atomic E-state index is 11.8. The second kappa shape index (κ2) is 13.7. The molecule has 0 amide bonds. The minimum Gasteiger partial charge on any atom is -0.508 e. The van der Waals surface area contributed by atoms with Gasteiger partial charge in [0.1, 0.15) is 5.75 Å². The Labute approximate surface area is 153 Å². The third-order valence-electron chi connectivity index (χ3n) is 4.36. The predicted molar refractivity (Wildman–Crippen MR) is 103 cm³/mol. The van der Waals surface area contributed by atoms with E-state index in [1.54, 1.807) is 12.1 Å². The van der Waals surface area contributed by atoms with Crippen molar-refractivity contribution in [1.29, 1.82) is 0 Å². The van der Waals surface area contributed by atoms with Gasteiger partial charge < -0.3 is 14.7 Å². The second-order valence-electron chi connectivity index (χ2n) is 6.65. The van der Waals surface area contributed by atoms with E-state index in [0.717, 1.165) is 12.8 Å². The molecular weight excluding hydrogens is 314 g/mol. The number of phenolic OH excluding ortho intramolecular Hbond substituents is 1. The summed E-state index contributed by atoms with van der Waals surface area (Å²) in [6.45, 7) is 8.60. The van der Waals surface area contributed by atoms with Gasteiger partial charge in [-0.3, -0.25) is 0 Å². The molecule has 1 aromatic carbocycles. The van der Waals surface area contributed by atoms with Crippen LogP contribution in [0.5, 0.6) is 5.75 Å². The summed E-state index contributed by atoms with van der Waals surface area (Å²) in [5.74, 6) is -0.159. The fourth-order valence-electron chi connectivity index (χ4n) is 2.74. The van der Waals surface area contributed by atoms with E-state index in [2.05, 4.69) is 18.7 Å². The van der Waals surface area contributed by atoms with E-state index >= 15 is 0 Å². The first kappa shape index (κ1) is 21.5. The molecule has 1 N–H and O–H groups in total. The van der Waals surface area contributed by atoms with Crippen molar-refractivity contribution in [2.24, 2.45) is 0 Å². The standard InChI is InChI=1S/C21H35NO3/c1-3-5-15-22(16-6-4-2)17-9-7-8-10-18-25-21(24)19-11-13-20(23)14-12-19/h11-14,23H,3-10,15-18H2,1-2H3. The summed E-state index contributed by atoms with van der Waals surface area (Å²) in [7, 11) is 0. The Balaban J connectivity index is 2.08. The van der Waals surface area contributed by atoms with Crippen LogP contribution in [-0.2, 0) is 4.74 Å². The number of nitrogens with zero attached hydrogens (tertiary/aromatic N) is 1. The van der Waals surface area contributed by atoms with E-state index in [1.807, 2.05) is 0 Å². The van der Waals surface area contributed by atoms with E-state index in [9.17, 15) is 9.90 Å². The Hall–Kier alpha value is -1.55. The van der Waals surface area contributed by atoms with Gasteiger partial charge in [-0.25, -0.2) is 4.79 Å². The normalized spacial score (nSPS) is 11.0. The van der Waals surface area contributed by atoms with Crippen LogP contribution in [0.3, 0.4) is 0 Å². The second-order valence-corrected chi connectivity index (χ2v) is 6.65. The highest BCUT2D eigenvalue weighted by Crippen LogP contribution is 2.11. The average molecular weight is 350 g/mol. The highest BCUT2D eigenvalue weighted by molar-refractivity contribution is 5.89. The number of esters is 1. The molecule has 0 unspecified atom stereocenters. The predicted octanol–water partition coefficient (Wildman–Crippen LogP) is 5.01. The van der Waals surface area contributed by atoms with Crippen molar-refractivity contribution in [3.8, 4) is 5.75 Å². The first-order valence-electron chi connectivity index (χ1n) is 9.85. The zero-order valence-electron chi connectivity index (χ0n) is 16.0. The fourth-order valence-corrected chi connectivity index (χ4v) is 2.74. The molecular formula is C21H35NO3. The van der Waals surface area contributed by atoms with E-state index in [0.29, 0.717) is 12.2 Å². The van der Waals surface area contributed by atoms with E-state index in [4.69, 9.17) is 4.74 Å². The summed E-state index contributed by atoms with van der Waals surface area (Å²) >= 11 is 0. The number of aromatic hydroxyl groups is 1. The molecule has 1 aromatic rings. The quantitative estimate of drug-likeness (QED) is 0.379. The van der Waals surface area contributed by atoms with Gasteiger partial charge in [-0.2, -0.15) is 0 Å². The lowest BCUT2D eigenvalue weighted by molar-refractivity contribution is 0.0497. The number of rotatable bonds is 14. The van der Waals surface area contributed by atoms with Crippen molar-refractivity contribution in [2.45, 2.75) is 65.2 Å².